The van der Waals surface area contributed by atoms with Gasteiger partial charge in [0.25, 0.3) is 0 Å². The molecule has 5 nitrogen and oxygen atoms in total. The smallest absolute Gasteiger partial charge is 0.414 e. The molecule has 21 heavy (non-hydrogen) atoms. The maximum Gasteiger partial charge on any atom is 0.414 e. The highest BCUT2D eigenvalue weighted by Gasteiger charge is 2.23. The number of benzene rings is 1. The third-order valence-electron chi connectivity index (χ3n) is 3.55. The molecule has 1 amide bonds. The monoisotopic (exact) mass is 286 g/mol. The van der Waals surface area contributed by atoms with Crippen molar-refractivity contribution in [3.8, 4) is 0 Å². The molecule has 0 aliphatic carbocycles. The Labute approximate surface area is 123 Å². The summed E-state index contributed by atoms with van der Waals surface area (Å²) >= 11 is 0. The summed E-state index contributed by atoms with van der Waals surface area (Å²) < 4.78 is 10.4. The lowest BCUT2D eigenvalue weighted by molar-refractivity contribution is 0.181. The highest BCUT2D eigenvalue weighted by molar-refractivity contribution is 5.89. The van der Waals surface area contributed by atoms with Crippen LogP contribution in [0.5, 0.6) is 0 Å². The third kappa shape index (κ3) is 2.86. The van der Waals surface area contributed by atoms with Gasteiger partial charge in [-0.2, -0.15) is 0 Å². The highest BCUT2D eigenvalue weighted by atomic mass is 16.6. The number of hydrogen-bond donors (Lipinski definition) is 1. The first-order valence-corrected chi connectivity index (χ1v) is 7.12. The molecule has 1 saturated heterocycles. The number of furan rings is 1. The molecule has 110 valence electrons. The Morgan fingerprint density at radius 3 is 2.90 bits per heavy atom. The number of nitrogens with zero attached hydrogens (tertiary/aromatic N) is 1. The van der Waals surface area contributed by atoms with Crippen molar-refractivity contribution in [2.24, 2.45) is 0 Å². The number of carbonyl (C=O) groups is 1. The number of nitrogens with one attached hydrogen (secondary N) is 1. The minimum atomic E-state index is -0.287. The summed E-state index contributed by atoms with van der Waals surface area (Å²) in [6, 6.07) is 11.7. The quantitative estimate of drug-likeness (QED) is 0.908. The van der Waals surface area contributed by atoms with Gasteiger partial charge in [0.05, 0.1) is 18.8 Å². The van der Waals surface area contributed by atoms with E-state index in [9.17, 15) is 4.79 Å². The average molecular weight is 286 g/mol. The van der Waals surface area contributed by atoms with Crippen LogP contribution in [0.15, 0.2) is 47.1 Å². The van der Waals surface area contributed by atoms with Gasteiger partial charge in [-0.15, -0.1) is 0 Å². The first-order chi connectivity index (χ1) is 10.3. The number of anilines is 2. The topological polar surface area (TPSA) is 54.7 Å². The van der Waals surface area contributed by atoms with E-state index in [1.807, 2.05) is 36.4 Å². The van der Waals surface area contributed by atoms with Gasteiger partial charge in [-0.3, -0.25) is 4.90 Å². The Balaban J connectivity index is 1.78. The van der Waals surface area contributed by atoms with Crippen LogP contribution >= 0.6 is 0 Å². The van der Waals surface area contributed by atoms with Crippen LogP contribution in [0.4, 0.5) is 16.2 Å². The van der Waals surface area contributed by atoms with Crippen LogP contribution in [-0.2, 0) is 4.74 Å². The van der Waals surface area contributed by atoms with E-state index in [4.69, 9.17) is 9.15 Å². The molecule has 1 unspecified atom stereocenters. The van der Waals surface area contributed by atoms with Gasteiger partial charge in [-0.1, -0.05) is 13.0 Å². The summed E-state index contributed by atoms with van der Waals surface area (Å²) in [4.78, 5) is 13.3. The highest BCUT2D eigenvalue weighted by Crippen LogP contribution is 2.27. The minimum Gasteiger partial charge on any atom is -0.467 e. The van der Waals surface area contributed by atoms with Gasteiger partial charge in [-0.05, 0) is 36.8 Å². The summed E-state index contributed by atoms with van der Waals surface area (Å²) in [6.45, 7) is 3.14. The van der Waals surface area contributed by atoms with E-state index in [1.54, 1.807) is 11.2 Å². The van der Waals surface area contributed by atoms with Crippen molar-refractivity contribution in [3.63, 3.8) is 0 Å². The molecular weight excluding hydrogens is 268 g/mol. The van der Waals surface area contributed by atoms with Crippen molar-refractivity contribution in [1.82, 2.24) is 0 Å². The second kappa shape index (κ2) is 5.91. The Morgan fingerprint density at radius 1 is 1.33 bits per heavy atom. The second-order valence-electron chi connectivity index (χ2n) is 4.94. The van der Waals surface area contributed by atoms with Crippen LogP contribution in [0.3, 0.4) is 0 Å². The first-order valence-electron chi connectivity index (χ1n) is 7.12. The van der Waals surface area contributed by atoms with Gasteiger partial charge < -0.3 is 14.5 Å². The fraction of sp³-hybridized carbons (Fsp3) is 0.312. The van der Waals surface area contributed by atoms with E-state index in [2.05, 4.69) is 12.2 Å². The lowest BCUT2D eigenvalue weighted by Gasteiger charge is -2.18. The number of rotatable bonds is 5. The third-order valence-corrected chi connectivity index (χ3v) is 3.55. The molecule has 2 aromatic rings. The molecule has 5 heteroatoms. The zero-order valence-electron chi connectivity index (χ0n) is 11.9. The Kier molecular flexibility index (Phi) is 3.81. The van der Waals surface area contributed by atoms with Gasteiger partial charge in [0.15, 0.2) is 0 Å². The number of amides is 1. The van der Waals surface area contributed by atoms with Crippen molar-refractivity contribution in [2.45, 2.75) is 19.4 Å². The SMILES string of the molecule is CCC(Nc1cccc(N2CCOC2=O)c1)c1ccco1. The number of ether oxygens (including phenoxy) is 1. The fourth-order valence-electron chi connectivity index (χ4n) is 2.46. The molecule has 0 saturated carbocycles. The number of cyclic esters (lactones) is 1. The summed E-state index contributed by atoms with van der Waals surface area (Å²) in [5.41, 5.74) is 1.80. The molecule has 2 heterocycles. The number of hydrogen-bond acceptors (Lipinski definition) is 4. The predicted molar refractivity (Wildman–Crippen MR) is 80.5 cm³/mol. The predicted octanol–water partition coefficient (Wildman–Crippen LogP) is 3.80. The molecule has 1 aliphatic heterocycles. The Morgan fingerprint density at radius 2 is 2.24 bits per heavy atom. The van der Waals surface area contributed by atoms with Crippen LogP contribution in [0, 0.1) is 0 Å². The molecule has 1 fully saturated rings. The van der Waals surface area contributed by atoms with Crippen LogP contribution in [0.25, 0.3) is 0 Å². The Hall–Kier alpha value is -2.43. The molecule has 1 N–H and O–H groups in total. The van der Waals surface area contributed by atoms with E-state index >= 15 is 0 Å². The van der Waals surface area contributed by atoms with E-state index < -0.39 is 0 Å². The summed E-state index contributed by atoms with van der Waals surface area (Å²) in [5, 5.41) is 3.44. The van der Waals surface area contributed by atoms with Crippen LogP contribution < -0.4 is 10.2 Å². The fourth-order valence-corrected chi connectivity index (χ4v) is 2.46. The van der Waals surface area contributed by atoms with E-state index in [0.717, 1.165) is 23.6 Å². The van der Waals surface area contributed by atoms with Crippen LogP contribution in [0.2, 0.25) is 0 Å². The molecule has 0 radical (unpaired) electrons. The molecular formula is C16H18N2O3. The zero-order valence-corrected chi connectivity index (χ0v) is 11.9. The molecule has 3 rings (SSSR count). The van der Waals surface area contributed by atoms with E-state index in [0.29, 0.717) is 13.2 Å². The van der Waals surface area contributed by atoms with E-state index in [1.165, 1.54) is 0 Å². The largest absolute Gasteiger partial charge is 0.467 e. The summed E-state index contributed by atoms with van der Waals surface area (Å²) in [6.07, 6.45) is 2.30. The molecule has 1 aliphatic rings. The maximum absolute atomic E-state index is 11.6. The first kappa shape index (κ1) is 13.5. The van der Waals surface area contributed by atoms with Crippen molar-refractivity contribution in [2.75, 3.05) is 23.4 Å². The molecule has 1 aromatic carbocycles. The molecule has 1 atom stereocenters. The van der Waals surface area contributed by atoms with Crippen molar-refractivity contribution >= 4 is 17.5 Å². The zero-order chi connectivity index (χ0) is 14.7. The summed E-state index contributed by atoms with van der Waals surface area (Å²) in [7, 11) is 0. The molecule has 0 bridgehead atoms. The van der Waals surface area contributed by atoms with Gasteiger partial charge in [0.1, 0.15) is 12.4 Å². The molecule has 0 spiro atoms. The minimum absolute atomic E-state index is 0.112. The van der Waals surface area contributed by atoms with Crippen molar-refractivity contribution in [1.29, 1.82) is 0 Å². The number of carbonyl (C=O) groups excluding carboxylic acids is 1. The van der Waals surface area contributed by atoms with Gasteiger partial charge in [-0.25, -0.2) is 4.79 Å². The van der Waals surface area contributed by atoms with Crippen molar-refractivity contribution < 1.29 is 13.9 Å². The lowest BCUT2D eigenvalue weighted by Crippen LogP contribution is -2.23. The van der Waals surface area contributed by atoms with Gasteiger partial charge in [0.2, 0.25) is 0 Å². The standard InChI is InChI=1S/C16H18N2O3/c1-2-14(15-7-4-9-20-15)17-12-5-3-6-13(11-12)18-8-10-21-16(18)19/h3-7,9,11,14,17H,2,8,10H2,1H3. The van der Waals surface area contributed by atoms with Crippen LogP contribution in [0.1, 0.15) is 25.1 Å². The maximum atomic E-state index is 11.6. The van der Waals surface area contributed by atoms with Crippen molar-refractivity contribution in [3.05, 3.63) is 48.4 Å². The average Bonchev–Trinajstić information content (AvgIpc) is 3.16. The van der Waals surface area contributed by atoms with Crippen LogP contribution in [-0.4, -0.2) is 19.2 Å². The summed E-state index contributed by atoms with van der Waals surface area (Å²) in [5.74, 6) is 0.906. The lowest BCUT2D eigenvalue weighted by atomic mass is 10.1. The normalized spacial score (nSPS) is 15.9. The van der Waals surface area contributed by atoms with Gasteiger partial charge >= 0.3 is 6.09 Å². The Bertz CT molecular complexity index is 610. The van der Waals surface area contributed by atoms with E-state index in [-0.39, 0.29) is 12.1 Å². The van der Waals surface area contributed by atoms with Gasteiger partial charge in [0, 0.05) is 11.4 Å². The second-order valence-corrected chi connectivity index (χ2v) is 4.94. The molecule has 1 aromatic heterocycles.